The molecule has 2 aromatic carbocycles. The molecular formula is C17H15FN2O7. The number of nitro groups is 1. The van der Waals surface area contributed by atoms with E-state index in [1.807, 2.05) is 0 Å². The lowest BCUT2D eigenvalue weighted by Gasteiger charge is -2.10. The lowest BCUT2D eigenvalue weighted by Crippen LogP contribution is -2.21. The molecule has 0 heterocycles. The van der Waals surface area contributed by atoms with Gasteiger partial charge in [-0.15, -0.1) is 0 Å². The van der Waals surface area contributed by atoms with Crippen molar-refractivity contribution in [2.24, 2.45) is 0 Å². The third-order valence-corrected chi connectivity index (χ3v) is 3.38. The molecule has 0 bridgehead atoms. The number of carbonyl (C=O) groups excluding carboxylic acids is 2. The summed E-state index contributed by atoms with van der Waals surface area (Å²) in [5, 5.41) is 13.6. The van der Waals surface area contributed by atoms with Crippen LogP contribution in [-0.2, 0) is 9.53 Å². The predicted molar refractivity (Wildman–Crippen MR) is 91.5 cm³/mol. The van der Waals surface area contributed by atoms with Gasteiger partial charge in [-0.25, -0.2) is 9.18 Å². The number of carbonyl (C=O) groups is 2. The van der Waals surface area contributed by atoms with Crippen LogP contribution in [0.3, 0.4) is 0 Å². The summed E-state index contributed by atoms with van der Waals surface area (Å²) < 4.78 is 27.6. The number of hydrogen-bond acceptors (Lipinski definition) is 7. The normalized spacial score (nSPS) is 10.0. The van der Waals surface area contributed by atoms with Gasteiger partial charge in [-0.05, 0) is 24.3 Å². The van der Waals surface area contributed by atoms with E-state index in [1.54, 1.807) is 0 Å². The van der Waals surface area contributed by atoms with Crippen molar-refractivity contribution in [2.75, 3.05) is 26.1 Å². The monoisotopic (exact) mass is 378 g/mol. The average Bonchev–Trinajstić information content (AvgIpc) is 2.66. The van der Waals surface area contributed by atoms with Crippen LogP contribution in [0.2, 0.25) is 0 Å². The second-order valence-electron chi connectivity index (χ2n) is 5.11. The number of nitrogens with one attached hydrogen (secondary N) is 1. The maximum atomic E-state index is 12.8. The van der Waals surface area contributed by atoms with Crippen molar-refractivity contribution in [2.45, 2.75) is 0 Å². The van der Waals surface area contributed by atoms with E-state index in [0.717, 1.165) is 24.3 Å². The summed E-state index contributed by atoms with van der Waals surface area (Å²) in [6.07, 6.45) is 0. The number of anilines is 1. The highest BCUT2D eigenvalue weighted by Gasteiger charge is 2.26. The van der Waals surface area contributed by atoms with Crippen LogP contribution in [0.5, 0.6) is 11.5 Å². The van der Waals surface area contributed by atoms with E-state index in [1.165, 1.54) is 26.4 Å². The highest BCUT2D eigenvalue weighted by Crippen LogP contribution is 2.34. The molecule has 0 fully saturated rings. The first kappa shape index (κ1) is 19.6. The number of rotatable bonds is 7. The fraction of sp³-hybridized carbons (Fsp3) is 0.176. The Hall–Kier alpha value is -3.69. The Kier molecular flexibility index (Phi) is 6.26. The molecule has 0 saturated heterocycles. The van der Waals surface area contributed by atoms with Gasteiger partial charge >= 0.3 is 5.97 Å². The molecule has 1 N–H and O–H groups in total. The van der Waals surface area contributed by atoms with Crippen LogP contribution < -0.4 is 14.8 Å². The van der Waals surface area contributed by atoms with Crippen LogP contribution in [-0.4, -0.2) is 37.6 Å². The summed E-state index contributed by atoms with van der Waals surface area (Å²) >= 11 is 0. The lowest BCUT2D eigenvalue weighted by atomic mass is 10.1. The second kappa shape index (κ2) is 8.61. The molecule has 0 radical (unpaired) electrons. The number of benzene rings is 2. The van der Waals surface area contributed by atoms with Crippen molar-refractivity contribution < 1.29 is 33.1 Å². The van der Waals surface area contributed by atoms with E-state index in [-0.39, 0.29) is 11.5 Å². The fourth-order valence-corrected chi connectivity index (χ4v) is 2.12. The van der Waals surface area contributed by atoms with E-state index < -0.39 is 40.5 Å². The third-order valence-electron chi connectivity index (χ3n) is 3.38. The van der Waals surface area contributed by atoms with E-state index >= 15 is 0 Å². The van der Waals surface area contributed by atoms with Crippen molar-refractivity contribution >= 4 is 23.3 Å². The first-order chi connectivity index (χ1) is 12.8. The summed E-state index contributed by atoms with van der Waals surface area (Å²) in [6, 6.07) is 7.07. The molecule has 0 aliphatic heterocycles. The standard InChI is InChI=1S/C17H15FN2O7/c1-25-14-7-12(13(20(23)24)8-15(14)26-2)17(22)27-9-16(21)19-11-5-3-10(18)4-6-11/h3-8H,9H2,1-2H3,(H,19,21). The zero-order chi connectivity index (χ0) is 20.0. The van der Waals surface area contributed by atoms with Crippen LogP contribution in [0.25, 0.3) is 0 Å². The van der Waals surface area contributed by atoms with E-state index in [0.29, 0.717) is 5.69 Å². The van der Waals surface area contributed by atoms with Crippen LogP contribution in [0.4, 0.5) is 15.8 Å². The quantitative estimate of drug-likeness (QED) is 0.447. The molecule has 2 rings (SSSR count). The number of amides is 1. The molecule has 0 aliphatic rings. The molecule has 0 spiro atoms. The van der Waals surface area contributed by atoms with Crippen LogP contribution in [0.15, 0.2) is 36.4 Å². The molecule has 142 valence electrons. The Balaban J connectivity index is 2.11. The van der Waals surface area contributed by atoms with Crippen LogP contribution >= 0.6 is 0 Å². The zero-order valence-corrected chi connectivity index (χ0v) is 14.4. The molecule has 9 nitrogen and oxygen atoms in total. The van der Waals surface area contributed by atoms with Gasteiger partial charge in [0.05, 0.1) is 25.2 Å². The van der Waals surface area contributed by atoms with Crippen molar-refractivity contribution in [3.05, 3.63) is 57.9 Å². The Morgan fingerprint density at radius 1 is 1.11 bits per heavy atom. The predicted octanol–water partition coefficient (Wildman–Crippen LogP) is 2.55. The van der Waals surface area contributed by atoms with Crippen molar-refractivity contribution in [1.82, 2.24) is 0 Å². The number of hydrogen-bond donors (Lipinski definition) is 1. The highest BCUT2D eigenvalue weighted by atomic mass is 19.1. The maximum Gasteiger partial charge on any atom is 0.345 e. The summed E-state index contributed by atoms with van der Waals surface area (Å²) in [7, 11) is 2.59. The first-order valence-electron chi connectivity index (χ1n) is 7.48. The zero-order valence-electron chi connectivity index (χ0n) is 14.4. The molecule has 10 heteroatoms. The van der Waals surface area contributed by atoms with Gasteiger partial charge in [0.15, 0.2) is 18.1 Å². The second-order valence-corrected chi connectivity index (χ2v) is 5.11. The third kappa shape index (κ3) is 4.91. The van der Waals surface area contributed by atoms with E-state index in [4.69, 9.17) is 14.2 Å². The van der Waals surface area contributed by atoms with E-state index in [9.17, 15) is 24.1 Å². The molecule has 0 aromatic heterocycles. The average molecular weight is 378 g/mol. The van der Waals surface area contributed by atoms with Gasteiger partial charge in [0, 0.05) is 11.8 Å². The largest absolute Gasteiger partial charge is 0.493 e. The smallest absolute Gasteiger partial charge is 0.345 e. The van der Waals surface area contributed by atoms with Crippen molar-refractivity contribution in [3.8, 4) is 11.5 Å². The molecule has 27 heavy (non-hydrogen) atoms. The number of methoxy groups -OCH3 is 2. The molecule has 0 unspecified atom stereocenters. The summed E-state index contributed by atoms with van der Waals surface area (Å²) in [4.78, 5) is 34.4. The Morgan fingerprint density at radius 3 is 2.26 bits per heavy atom. The van der Waals surface area contributed by atoms with Gasteiger partial charge in [0.25, 0.3) is 11.6 Å². The fourth-order valence-electron chi connectivity index (χ4n) is 2.12. The minimum atomic E-state index is -1.09. The minimum absolute atomic E-state index is 0.0646. The van der Waals surface area contributed by atoms with Gasteiger partial charge in [0.1, 0.15) is 11.4 Å². The van der Waals surface area contributed by atoms with Gasteiger partial charge in [-0.1, -0.05) is 0 Å². The Bertz CT molecular complexity index is 868. The van der Waals surface area contributed by atoms with Gasteiger partial charge in [-0.2, -0.15) is 0 Å². The molecule has 0 atom stereocenters. The van der Waals surface area contributed by atoms with Gasteiger partial charge in [-0.3, -0.25) is 14.9 Å². The Labute approximate surface area is 152 Å². The number of ether oxygens (including phenoxy) is 3. The number of nitrogens with zero attached hydrogens (tertiary/aromatic N) is 1. The molecule has 0 aliphatic carbocycles. The Morgan fingerprint density at radius 2 is 1.70 bits per heavy atom. The molecule has 1 amide bonds. The first-order valence-corrected chi connectivity index (χ1v) is 7.48. The highest BCUT2D eigenvalue weighted by molar-refractivity contribution is 5.98. The summed E-state index contributed by atoms with van der Waals surface area (Å²) in [5.41, 5.74) is -0.654. The molecule has 0 saturated carbocycles. The summed E-state index contributed by atoms with van der Waals surface area (Å²) in [5.74, 6) is -2.10. The maximum absolute atomic E-state index is 12.8. The van der Waals surface area contributed by atoms with Crippen molar-refractivity contribution in [1.29, 1.82) is 0 Å². The topological polar surface area (TPSA) is 117 Å². The van der Waals surface area contributed by atoms with E-state index in [2.05, 4.69) is 5.32 Å². The SMILES string of the molecule is COc1cc(C(=O)OCC(=O)Nc2ccc(F)cc2)c([N+](=O)[O-])cc1OC. The van der Waals surface area contributed by atoms with Gasteiger partial charge in [0.2, 0.25) is 0 Å². The summed E-state index contributed by atoms with van der Waals surface area (Å²) in [6.45, 7) is -0.693. The molecular weight excluding hydrogens is 363 g/mol. The minimum Gasteiger partial charge on any atom is -0.493 e. The van der Waals surface area contributed by atoms with Gasteiger partial charge < -0.3 is 19.5 Å². The lowest BCUT2D eigenvalue weighted by molar-refractivity contribution is -0.385. The van der Waals surface area contributed by atoms with Crippen LogP contribution in [0.1, 0.15) is 10.4 Å². The number of halogens is 1. The number of esters is 1. The number of nitro benzene ring substituents is 1. The molecule has 2 aromatic rings. The van der Waals surface area contributed by atoms with Crippen LogP contribution in [0, 0.1) is 15.9 Å². The van der Waals surface area contributed by atoms with Crippen molar-refractivity contribution in [3.63, 3.8) is 0 Å².